The maximum Gasteiger partial charge on any atom is 0.339 e. The van der Waals surface area contributed by atoms with Crippen molar-refractivity contribution in [2.45, 2.75) is 18.9 Å². The first-order chi connectivity index (χ1) is 10.9. The van der Waals surface area contributed by atoms with Gasteiger partial charge in [0.05, 0.1) is 17.7 Å². The standard InChI is InChI=1S/C15H18ClN3O4/c1-19-8-10(4-6-13(19)20)18-15(22)17-9-3-5-11(12(16)7-9)14(21)23-2/h3,5,7,10H,4,6,8H2,1-2H3,(H2,17,18,22). The van der Waals surface area contributed by atoms with Gasteiger partial charge in [0.25, 0.3) is 0 Å². The summed E-state index contributed by atoms with van der Waals surface area (Å²) in [5, 5.41) is 5.65. The molecule has 0 spiro atoms. The van der Waals surface area contributed by atoms with E-state index < -0.39 is 5.97 Å². The first-order valence-corrected chi connectivity index (χ1v) is 7.48. The summed E-state index contributed by atoms with van der Waals surface area (Å²) < 4.78 is 4.60. The van der Waals surface area contributed by atoms with Gasteiger partial charge in [0, 0.05) is 31.7 Å². The van der Waals surface area contributed by atoms with Crippen LogP contribution in [-0.2, 0) is 9.53 Å². The molecular formula is C15H18ClN3O4. The molecule has 3 amide bonds. The Morgan fingerprint density at radius 3 is 2.74 bits per heavy atom. The predicted molar refractivity (Wildman–Crippen MR) is 85.6 cm³/mol. The van der Waals surface area contributed by atoms with Crippen molar-refractivity contribution >= 4 is 35.2 Å². The number of hydrogen-bond donors (Lipinski definition) is 2. The summed E-state index contributed by atoms with van der Waals surface area (Å²) >= 11 is 6.00. The van der Waals surface area contributed by atoms with Gasteiger partial charge in [-0.15, -0.1) is 0 Å². The zero-order chi connectivity index (χ0) is 17.0. The van der Waals surface area contributed by atoms with Crippen LogP contribution in [0.5, 0.6) is 0 Å². The number of piperidine rings is 1. The average Bonchev–Trinajstić information content (AvgIpc) is 2.50. The maximum atomic E-state index is 12.0. The molecule has 7 nitrogen and oxygen atoms in total. The number of ether oxygens (including phenoxy) is 1. The van der Waals surface area contributed by atoms with Crippen LogP contribution in [0, 0.1) is 0 Å². The van der Waals surface area contributed by atoms with Crippen LogP contribution in [0.1, 0.15) is 23.2 Å². The molecule has 1 heterocycles. The van der Waals surface area contributed by atoms with Crippen molar-refractivity contribution in [1.29, 1.82) is 0 Å². The second-order valence-electron chi connectivity index (χ2n) is 5.29. The summed E-state index contributed by atoms with van der Waals surface area (Å²) in [5.74, 6) is -0.463. The molecule has 1 saturated heterocycles. The van der Waals surface area contributed by atoms with Gasteiger partial charge >= 0.3 is 12.0 Å². The zero-order valence-corrected chi connectivity index (χ0v) is 13.6. The molecular weight excluding hydrogens is 322 g/mol. The van der Waals surface area contributed by atoms with Crippen LogP contribution in [0.15, 0.2) is 18.2 Å². The number of anilines is 1. The molecule has 23 heavy (non-hydrogen) atoms. The second kappa shape index (κ2) is 7.32. The monoisotopic (exact) mass is 339 g/mol. The average molecular weight is 340 g/mol. The lowest BCUT2D eigenvalue weighted by molar-refractivity contribution is -0.132. The first-order valence-electron chi connectivity index (χ1n) is 7.10. The van der Waals surface area contributed by atoms with Gasteiger partial charge in [0.15, 0.2) is 0 Å². The molecule has 0 saturated carbocycles. The topological polar surface area (TPSA) is 87.7 Å². The largest absolute Gasteiger partial charge is 0.465 e. The number of benzene rings is 1. The number of carbonyl (C=O) groups is 3. The molecule has 2 rings (SSSR count). The van der Waals surface area contributed by atoms with Crippen LogP contribution >= 0.6 is 11.6 Å². The predicted octanol–water partition coefficient (Wildman–Crippen LogP) is 1.87. The van der Waals surface area contributed by atoms with Gasteiger partial charge in [0.1, 0.15) is 0 Å². The van der Waals surface area contributed by atoms with E-state index in [4.69, 9.17) is 11.6 Å². The van der Waals surface area contributed by atoms with Crippen LogP contribution in [0.2, 0.25) is 5.02 Å². The van der Waals surface area contributed by atoms with Crippen molar-refractivity contribution in [2.24, 2.45) is 0 Å². The summed E-state index contributed by atoms with van der Waals surface area (Å²) in [5.41, 5.74) is 0.688. The molecule has 0 bridgehead atoms. The number of methoxy groups -OCH3 is 1. The zero-order valence-electron chi connectivity index (χ0n) is 12.9. The Morgan fingerprint density at radius 2 is 2.13 bits per heavy atom. The molecule has 1 aliphatic heterocycles. The van der Waals surface area contributed by atoms with E-state index in [1.165, 1.54) is 19.2 Å². The summed E-state index contributed by atoms with van der Waals surface area (Å²) in [6.07, 6.45) is 1.03. The van der Waals surface area contributed by atoms with E-state index in [2.05, 4.69) is 15.4 Å². The third-order valence-electron chi connectivity index (χ3n) is 3.59. The van der Waals surface area contributed by atoms with Crippen molar-refractivity contribution in [3.05, 3.63) is 28.8 Å². The normalized spacial score (nSPS) is 17.6. The van der Waals surface area contributed by atoms with E-state index in [9.17, 15) is 14.4 Å². The van der Waals surface area contributed by atoms with Crippen molar-refractivity contribution in [3.8, 4) is 0 Å². The van der Waals surface area contributed by atoms with Gasteiger partial charge in [-0.1, -0.05) is 11.6 Å². The fraction of sp³-hybridized carbons (Fsp3) is 0.400. The maximum absolute atomic E-state index is 12.0. The summed E-state index contributed by atoms with van der Waals surface area (Å²) in [7, 11) is 2.98. The highest BCUT2D eigenvalue weighted by Crippen LogP contribution is 2.21. The molecule has 0 aliphatic carbocycles. The molecule has 1 aromatic rings. The first kappa shape index (κ1) is 17.1. The van der Waals surface area contributed by atoms with Crippen LogP contribution in [-0.4, -0.2) is 49.6 Å². The number of nitrogens with one attached hydrogen (secondary N) is 2. The van der Waals surface area contributed by atoms with Crippen molar-refractivity contribution in [2.75, 3.05) is 26.0 Å². The molecule has 1 aromatic carbocycles. The highest BCUT2D eigenvalue weighted by molar-refractivity contribution is 6.33. The van der Waals surface area contributed by atoms with E-state index in [1.807, 2.05) is 0 Å². The molecule has 0 radical (unpaired) electrons. The van der Waals surface area contributed by atoms with E-state index >= 15 is 0 Å². The van der Waals surface area contributed by atoms with Crippen molar-refractivity contribution in [1.82, 2.24) is 10.2 Å². The molecule has 2 N–H and O–H groups in total. The molecule has 0 aromatic heterocycles. The quantitative estimate of drug-likeness (QED) is 0.823. The minimum absolute atomic E-state index is 0.0774. The number of hydrogen-bond acceptors (Lipinski definition) is 4. The Bertz CT molecular complexity index is 635. The van der Waals surface area contributed by atoms with E-state index in [0.29, 0.717) is 25.1 Å². The van der Waals surface area contributed by atoms with Gasteiger partial charge in [0.2, 0.25) is 5.91 Å². The van der Waals surface area contributed by atoms with Crippen LogP contribution in [0.4, 0.5) is 10.5 Å². The molecule has 124 valence electrons. The number of urea groups is 1. The number of esters is 1. The number of nitrogens with zero attached hydrogens (tertiary/aromatic N) is 1. The highest BCUT2D eigenvalue weighted by Gasteiger charge is 2.24. The smallest absolute Gasteiger partial charge is 0.339 e. The van der Waals surface area contributed by atoms with Crippen molar-refractivity contribution < 1.29 is 19.1 Å². The van der Waals surface area contributed by atoms with Gasteiger partial charge in [-0.25, -0.2) is 9.59 Å². The summed E-state index contributed by atoms with van der Waals surface area (Å²) in [4.78, 5) is 36.4. The fourth-order valence-corrected chi connectivity index (χ4v) is 2.61. The Kier molecular flexibility index (Phi) is 5.44. The number of rotatable bonds is 3. The lowest BCUT2D eigenvalue weighted by atomic mass is 10.1. The minimum atomic E-state index is -0.541. The van der Waals surface area contributed by atoms with E-state index in [0.717, 1.165) is 0 Å². The number of halogens is 1. The number of likely N-dealkylation sites (tertiary alicyclic amines) is 1. The van der Waals surface area contributed by atoms with Crippen molar-refractivity contribution in [3.63, 3.8) is 0 Å². The van der Waals surface area contributed by atoms with E-state index in [1.54, 1.807) is 18.0 Å². The van der Waals surface area contributed by atoms with Gasteiger partial charge < -0.3 is 20.3 Å². The van der Waals surface area contributed by atoms with Gasteiger partial charge in [-0.05, 0) is 24.6 Å². The fourth-order valence-electron chi connectivity index (χ4n) is 2.35. The van der Waals surface area contributed by atoms with E-state index in [-0.39, 0.29) is 28.6 Å². The third kappa shape index (κ3) is 4.35. The van der Waals surface area contributed by atoms with Gasteiger partial charge in [-0.2, -0.15) is 0 Å². The number of likely N-dealkylation sites (N-methyl/N-ethyl adjacent to an activating group) is 1. The number of amides is 3. The number of carbonyl (C=O) groups excluding carboxylic acids is 3. The summed E-state index contributed by atoms with van der Waals surface area (Å²) in [6, 6.07) is 4.04. The molecule has 8 heteroatoms. The minimum Gasteiger partial charge on any atom is -0.465 e. The van der Waals surface area contributed by atoms with Crippen LogP contribution in [0.3, 0.4) is 0 Å². The Hall–Kier alpha value is -2.28. The van der Waals surface area contributed by atoms with Gasteiger partial charge in [-0.3, -0.25) is 4.79 Å². The second-order valence-corrected chi connectivity index (χ2v) is 5.70. The summed E-state index contributed by atoms with van der Waals surface area (Å²) in [6.45, 7) is 0.480. The lowest BCUT2D eigenvalue weighted by Crippen LogP contribution is -2.49. The molecule has 1 atom stereocenters. The van der Waals surface area contributed by atoms with Crippen LogP contribution < -0.4 is 10.6 Å². The SMILES string of the molecule is COC(=O)c1ccc(NC(=O)NC2CCC(=O)N(C)C2)cc1Cl. The third-order valence-corrected chi connectivity index (χ3v) is 3.91. The molecule has 1 fully saturated rings. The molecule has 1 aliphatic rings. The van der Waals surface area contributed by atoms with Crippen LogP contribution in [0.25, 0.3) is 0 Å². The Balaban J connectivity index is 1.94. The highest BCUT2D eigenvalue weighted by atomic mass is 35.5. The Morgan fingerprint density at radius 1 is 1.39 bits per heavy atom. The molecule has 1 unspecified atom stereocenters. The Labute approximate surface area is 138 Å². The lowest BCUT2D eigenvalue weighted by Gasteiger charge is -2.30.